The summed E-state index contributed by atoms with van der Waals surface area (Å²) in [6, 6.07) is 9.88. The van der Waals surface area contributed by atoms with Crippen LogP contribution < -0.4 is 0 Å². The van der Waals surface area contributed by atoms with Gasteiger partial charge in [-0.05, 0) is 18.4 Å². The average molecular weight is 389 g/mol. The number of hydrogen-bond acceptors (Lipinski definition) is 5. The summed E-state index contributed by atoms with van der Waals surface area (Å²) in [4.78, 5) is 29.5. The molecular formula is C21H31N3O4. The Kier molecular flexibility index (Phi) is 6.69. The van der Waals surface area contributed by atoms with Gasteiger partial charge in [0.25, 0.3) is 0 Å². The van der Waals surface area contributed by atoms with Gasteiger partial charge in [0.15, 0.2) is 0 Å². The van der Waals surface area contributed by atoms with E-state index in [0.717, 1.165) is 5.56 Å². The lowest BCUT2D eigenvalue weighted by Gasteiger charge is -2.45. The summed E-state index contributed by atoms with van der Waals surface area (Å²) >= 11 is 0. The van der Waals surface area contributed by atoms with Gasteiger partial charge < -0.3 is 20.0 Å². The second-order valence-electron chi connectivity index (χ2n) is 7.98. The number of carbonyl (C=O) groups is 2. The molecule has 2 atom stereocenters. The van der Waals surface area contributed by atoms with E-state index in [4.69, 9.17) is 0 Å². The molecule has 2 N–H and O–H groups in total. The summed E-state index contributed by atoms with van der Waals surface area (Å²) in [6.07, 6.45) is 0.477. The Morgan fingerprint density at radius 2 is 1.75 bits per heavy atom. The topological polar surface area (TPSA) is 84.3 Å². The molecule has 2 amide bonds. The molecule has 1 aromatic rings. The van der Waals surface area contributed by atoms with E-state index in [1.807, 2.05) is 30.3 Å². The molecule has 0 spiro atoms. The van der Waals surface area contributed by atoms with Crippen molar-refractivity contribution >= 4 is 11.8 Å². The Balaban J connectivity index is 1.47. The smallest absolute Gasteiger partial charge is 0.222 e. The standard InChI is InChI=1S/C21H31N3O4/c1-17(25)23-13-11-22(12-14-23)16-21(28)9-10-24(15-19(21)26)20(27)8-7-18-5-3-2-4-6-18/h2-6,19,26,28H,7-16H2,1H3/t19-,21-/m0/s1. The maximum absolute atomic E-state index is 12.5. The molecule has 154 valence electrons. The maximum Gasteiger partial charge on any atom is 0.222 e. The number of piperazine rings is 1. The number of likely N-dealkylation sites (tertiary alicyclic amines) is 1. The molecule has 0 radical (unpaired) electrons. The van der Waals surface area contributed by atoms with Crippen LogP contribution in [0.4, 0.5) is 0 Å². The van der Waals surface area contributed by atoms with Crippen LogP contribution in [0, 0.1) is 0 Å². The molecule has 0 aliphatic carbocycles. The Bertz CT molecular complexity index is 675. The molecule has 7 nitrogen and oxygen atoms in total. The van der Waals surface area contributed by atoms with Crippen molar-refractivity contribution < 1.29 is 19.8 Å². The summed E-state index contributed by atoms with van der Waals surface area (Å²) in [5.74, 6) is 0.0840. The fourth-order valence-corrected chi connectivity index (χ4v) is 4.04. The highest BCUT2D eigenvalue weighted by atomic mass is 16.3. The summed E-state index contributed by atoms with van der Waals surface area (Å²) in [5, 5.41) is 21.5. The summed E-state index contributed by atoms with van der Waals surface area (Å²) in [7, 11) is 0. The monoisotopic (exact) mass is 389 g/mol. The number of aryl methyl sites for hydroxylation is 1. The van der Waals surface area contributed by atoms with Gasteiger partial charge in [-0.2, -0.15) is 0 Å². The highest BCUT2D eigenvalue weighted by Crippen LogP contribution is 2.25. The van der Waals surface area contributed by atoms with Crippen LogP contribution in [0.15, 0.2) is 30.3 Å². The predicted octanol–water partition coefficient (Wildman–Crippen LogP) is 0.108. The lowest BCUT2D eigenvalue weighted by atomic mass is 9.87. The Morgan fingerprint density at radius 3 is 2.36 bits per heavy atom. The van der Waals surface area contributed by atoms with Crippen molar-refractivity contribution in [3.8, 4) is 0 Å². The van der Waals surface area contributed by atoms with E-state index < -0.39 is 11.7 Å². The number of β-amino-alcohol motifs (C(OH)–C–C–N with tert-alkyl or cyclic N) is 2. The number of aliphatic hydroxyl groups excluding tert-OH is 1. The van der Waals surface area contributed by atoms with Crippen molar-refractivity contribution in [2.45, 2.75) is 37.9 Å². The molecule has 3 rings (SSSR count). The lowest BCUT2D eigenvalue weighted by molar-refractivity contribution is -0.154. The van der Waals surface area contributed by atoms with Crippen LogP contribution in [0.2, 0.25) is 0 Å². The van der Waals surface area contributed by atoms with E-state index in [-0.39, 0.29) is 18.4 Å². The van der Waals surface area contributed by atoms with Gasteiger partial charge in [-0.1, -0.05) is 30.3 Å². The van der Waals surface area contributed by atoms with Crippen LogP contribution in [0.25, 0.3) is 0 Å². The molecule has 2 saturated heterocycles. The predicted molar refractivity (Wildman–Crippen MR) is 106 cm³/mol. The number of rotatable bonds is 5. The van der Waals surface area contributed by atoms with Gasteiger partial charge in [-0.25, -0.2) is 0 Å². The zero-order valence-electron chi connectivity index (χ0n) is 16.6. The molecule has 0 aromatic heterocycles. The van der Waals surface area contributed by atoms with Gasteiger partial charge in [0, 0.05) is 59.2 Å². The molecule has 7 heteroatoms. The molecule has 0 saturated carbocycles. The molecule has 2 heterocycles. The number of piperidine rings is 1. The van der Waals surface area contributed by atoms with E-state index in [1.165, 1.54) is 0 Å². The number of aliphatic hydroxyl groups is 2. The number of nitrogens with zero attached hydrogens (tertiary/aromatic N) is 3. The molecule has 28 heavy (non-hydrogen) atoms. The molecule has 2 aliphatic rings. The molecule has 0 bridgehead atoms. The van der Waals surface area contributed by atoms with Crippen molar-refractivity contribution in [3.63, 3.8) is 0 Å². The van der Waals surface area contributed by atoms with Crippen molar-refractivity contribution in [2.24, 2.45) is 0 Å². The van der Waals surface area contributed by atoms with Gasteiger partial charge in [0.1, 0.15) is 11.7 Å². The number of carbonyl (C=O) groups excluding carboxylic acids is 2. The minimum absolute atomic E-state index is 0.0139. The first-order chi connectivity index (χ1) is 13.4. The maximum atomic E-state index is 12.5. The highest BCUT2D eigenvalue weighted by molar-refractivity contribution is 5.76. The fraction of sp³-hybridized carbons (Fsp3) is 0.619. The minimum Gasteiger partial charge on any atom is -0.388 e. The summed E-state index contributed by atoms with van der Waals surface area (Å²) in [5.41, 5.74) is -0.0937. The highest BCUT2D eigenvalue weighted by Gasteiger charge is 2.43. The van der Waals surface area contributed by atoms with Crippen LogP contribution in [-0.2, 0) is 16.0 Å². The van der Waals surface area contributed by atoms with Crippen molar-refractivity contribution in [2.75, 3.05) is 45.8 Å². The molecule has 2 fully saturated rings. The zero-order valence-corrected chi connectivity index (χ0v) is 16.6. The normalized spacial score (nSPS) is 26.3. The third-order valence-electron chi connectivity index (χ3n) is 5.97. The number of hydrogen-bond donors (Lipinski definition) is 2. The minimum atomic E-state index is -1.21. The average Bonchev–Trinajstić information content (AvgIpc) is 2.69. The van der Waals surface area contributed by atoms with E-state index >= 15 is 0 Å². The van der Waals surface area contributed by atoms with Crippen LogP contribution >= 0.6 is 0 Å². The summed E-state index contributed by atoms with van der Waals surface area (Å²) < 4.78 is 0. The van der Waals surface area contributed by atoms with E-state index in [9.17, 15) is 19.8 Å². The van der Waals surface area contributed by atoms with E-state index in [0.29, 0.717) is 58.5 Å². The third kappa shape index (κ3) is 5.10. The van der Waals surface area contributed by atoms with Crippen LogP contribution in [0.5, 0.6) is 0 Å². The van der Waals surface area contributed by atoms with E-state index in [2.05, 4.69) is 4.90 Å². The Labute approximate surface area is 166 Å². The molecule has 1 aromatic carbocycles. The van der Waals surface area contributed by atoms with Crippen LogP contribution in [0.3, 0.4) is 0 Å². The first-order valence-corrected chi connectivity index (χ1v) is 10.1. The Hall–Kier alpha value is -1.96. The number of amides is 2. The molecule has 0 unspecified atom stereocenters. The quantitative estimate of drug-likeness (QED) is 0.747. The number of benzene rings is 1. The molecular weight excluding hydrogens is 358 g/mol. The fourth-order valence-electron chi connectivity index (χ4n) is 4.04. The van der Waals surface area contributed by atoms with Gasteiger partial charge in [-0.15, -0.1) is 0 Å². The lowest BCUT2D eigenvalue weighted by Crippen LogP contribution is -2.62. The van der Waals surface area contributed by atoms with E-state index in [1.54, 1.807) is 16.7 Å². The van der Waals surface area contributed by atoms with Crippen molar-refractivity contribution in [3.05, 3.63) is 35.9 Å². The Morgan fingerprint density at radius 1 is 1.07 bits per heavy atom. The first kappa shape index (κ1) is 20.8. The first-order valence-electron chi connectivity index (χ1n) is 10.1. The van der Waals surface area contributed by atoms with Gasteiger partial charge in [-0.3, -0.25) is 14.5 Å². The summed E-state index contributed by atoms with van der Waals surface area (Å²) in [6.45, 7) is 5.22. The van der Waals surface area contributed by atoms with Crippen LogP contribution in [-0.4, -0.2) is 94.2 Å². The second kappa shape index (κ2) is 9.03. The second-order valence-corrected chi connectivity index (χ2v) is 7.98. The third-order valence-corrected chi connectivity index (χ3v) is 5.97. The van der Waals surface area contributed by atoms with Crippen molar-refractivity contribution in [1.29, 1.82) is 0 Å². The molecule has 2 aliphatic heterocycles. The largest absolute Gasteiger partial charge is 0.388 e. The SMILES string of the molecule is CC(=O)N1CCN(C[C@@]2(O)CCN(C(=O)CCc3ccccc3)C[C@@H]2O)CC1. The van der Waals surface area contributed by atoms with Gasteiger partial charge >= 0.3 is 0 Å². The van der Waals surface area contributed by atoms with Crippen molar-refractivity contribution in [1.82, 2.24) is 14.7 Å². The zero-order chi connectivity index (χ0) is 20.1. The van der Waals surface area contributed by atoms with Gasteiger partial charge in [0.2, 0.25) is 11.8 Å². The van der Waals surface area contributed by atoms with Gasteiger partial charge in [0.05, 0.1) is 0 Å². The van der Waals surface area contributed by atoms with Crippen LogP contribution in [0.1, 0.15) is 25.3 Å².